The molecule has 1 N–H and O–H groups in total. The molecule has 2 aromatic carbocycles. The van der Waals surface area contributed by atoms with Gasteiger partial charge in [0.2, 0.25) is 0 Å². The molecule has 30 heavy (non-hydrogen) atoms. The summed E-state index contributed by atoms with van der Waals surface area (Å²) < 4.78 is 7.66. The third-order valence-electron chi connectivity index (χ3n) is 5.87. The van der Waals surface area contributed by atoms with Crippen molar-refractivity contribution in [2.75, 3.05) is 43.4 Å². The number of nitrogens with zero attached hydrogens (tertiary/aromatic N) is 4. The Balaban J connectivity index is 1.45. The summed E-state index contributed by atoms with van der Waals surface area (Å²) in [6.45, 7) is 4.22. The van der Waals surface area contributed by atoms with E-state index in [1.807, 2.05) is 49.5 Å². The number of rotatable bonds is 3. The minimum absolute atomic E-state index is 0.212. The first-order chi connectivity index (χ1) is 14.6. The zero-order chi connectivity index (χ0) is 20.7. The van der Waals surface area contributed by atoms with Gasteiger partial charge in [-0.05, 0) is 31.3 Å². The molecule has 7 nitrogen and oxygen atoms in total. The number of piperazine rings is 1. The van der Waals surface area contributed by atoms with E-state index in [0.717, 1.165) is 60.1 Å². The van der Waals surface area contributed by atoms with Crippen LogP contribution in [0.2, 0.25) is 0 Å². The Bertz CT molecular complexity index is 1100. The summed E-state index contributed by atoms with van der Waals surface area (Å²) in [6.07, 6.45) is 0. The van der Waals surface area contributed by atoms with Crippen molar-refractivity contribution in [3.63, 3.8) is 0 Å². The monoisotopic (exact) mass is 403 g/mol. The largest absolute Gasteiger partial charge is 0.488 e. The molecule has 1 amide bonds. The second-order valence-corrected chi connectivity index (χ2v) is 7.85. The molecular formula is C23H25N5O2. The van der Waals surface area contributed by atoms with Gasteiger partial charge in [-0.1, -0.05) is 24.3 Å². The molecule has 0 aliphatic carbocycles. The molecule has 0 bridgehead atoms. The Morgan fingerprint density at radius 2 is 1.73 bits per heavy atom. The molecule has 2 aliphatic heterocycles. The van der Waals surface area contributed by atoms with E-state index in [4.69, 9.17) is 4.74 Å². The van der Waals surface area contributed by atoms with Crippen molar-refractivity contribution in [3.8, 4) is 17.0 Å². The molecular weight excluding hydrogens is 378 g/mol. The van der Waals surface area contributed by atoms with Gasteiger partial charge < -0.3 is 19.9 Å². The van der Waals surface area contributed by atoms with Crippen LogP contribution < -0.4 is 15.0 Å². The van der Waals surface area contributed by atoms with E-state index < -0.39 is 0 Å². The van der Waals surface area contributed by atoms with Crippen molar-refractivity contribution < 1.29 is 9.53 Å². The maximum absolute atomic E-state index is 13.2. The average Bonchev–Trinajstić information content (AvgIpc) is 3.12. The lowest BCUT2D eigenvalue weighted by Gasteiger charge is -2.35. The number of hydrogen-bond donors (Lipinski definition) is 1. The number of benzene rings is 2. The maximum Gasteiger partial charge on any atom is 0.276 e. The van der Waals surface area contributed by atoms with Crippen molar-refractivity contribution >= 4 is 17.3 Å². The number of aryl methyl sites for hydroxylation is 1. The van der Waals surface area contributed by atoms with Crippen molar-refractivity contribution in [1.29, 1.82) is 0 Å². The van der Waals surface area contributed by atoms with Gasteiger partial charge in [-0.25, -0.2) is 0 Å². The van der Waals surface area contributed by atoms with E-state index in [0.29, 0.717) is 12.3 Å². The van der Waals surface area contributed by atoms with Gasteiger partial charge in [0, 0.05) is 44.4 Å². The number of aromatic nitrogens is 2. The van der Waals surface area contributed by atoms with Crippen LogP contribution in [-0.2, 0) is 13.7 Å². The summed E-state index contributed by atoms with van der Waals surface area (Å²) >= 11 is 0. The van der Waals surface area contributed by atoms with Crippen LogP contribution in [0, 0.1) is 0 Å². The standard InChI is InChI=1S/C23H25N5O2/c1-26-11-13-28(14-12-26)19-9-5-4-8-18(19)24-23(29)21-17-15-30-20-10-6-3-7-16(20)22(17)27(2)25-21/h3-10H,11-15H2,1-2H3,(H,24,29). The highest BCUT2D eigenvalue weighted by atomic mass is 16.5. The molecule has 0 atom stereocenters. The number of carbonyl (C=O) groups is 1. The number of hydrogen-bond acceptors (Lipinski definition) is 5. The molecule has 3 heterocycles. The van der Waals surface area contributed by atoms with Crippen LogP contribution in [0.25, 0.3) is 11.3 Å². The molecule has 0 unspecified atom stereocenters. The number of anilines is 2. The summed E-state index contributed by atoms with van der Waals surface area (Å²) in [4.78, 5) is 17.9. The number of ether oxygens (including phenoxy) is 1. The normalized spacial score (nSPS) is 15.9. The molecule has 0 spiro atoms. The van der Waals surface area contributed by atoms with Crippen LogP contribution in [-0.4, -0.2) is 53.8 Å². The number of fused-ring (bicyclic) bond motifs is 3. The van der Waals surface area contributed by atoms with Crippen LogP contribution in [0.15, 0.2) is 48.5 Å². The van der Waals surface area contributed by atoms with Gasteiger partial charge in [0.15, 0.2) is 5.69 Å². The van der Waals surface area contributed by atoms with Gasteiger partial charge in [-0.2, -0.15) is 5.10 Å². The predicted octanol–water partition coefficient (Wildman–Crippen LogP) is 2.98. The number of nitrogens with one attached hydrogen (secondary N) is 1. The second kappa shape index (κ2) is 7.50. The van der Waals surface area contributed by atoms with Crippen LogP contribution in [0.5, 0.6) is 5.75 Å². The molecule has 0 saturated carbocycles. The molecule has 1 fully saturated rings. The number of carbonyl (C=O) groups excluding carboxylic acids is 1. The molecule has 3 aromatic rings. The highest BCUT2D eigenvalue weighted by Gasteiger charge is 2.28. The van der Waals surface area contributed by atoms with E-state index in [2.05, 4.69) is 33.3 Å². The first-order valence-corrected chi connectivity index (χ1v) is 10.2. The topological polar surface area (TPSA) is 62.6 Å². The Kier molecular flexibility index (Phi) is 4.67. The predicted molar refractivity (Wildman–Crippen MR) is 117 cm³/mol. The third kappa shape index (κ3) is 3.21. The smallest absolute Gasteiger partial charge is 0.276 e. The fourth-order valence-electron chi connectivity index (χ4n) is 4.25. The molecule has 2 aliphatic rings. The van der Waals surface area contributed by atoms with Gasteiger partial charge >= 0.3 is 0 Å². The van der Waals surface area contributed by atoms with Crippen LogP contribution in [0.1, 0.15) is 16.1 Å². The number of para-hydroxylation sites is 3. The maximum atomic E-state index is 13.2. The van der Waals surface area contributed by atoms with Crippen molar-refractivity contribution in [2.45, 2.75) is 6.61 Å². The quantitative estimate of drug-likeness (QED) is 0.729. The van der Waals surface area contributed by atoms with Crippen molar-refractivity contribution in [3.05, 3.63) is 59.8 Å². The summed E-state index contributed by atoms with van der Waals surface area (Å²) in [5.41, 5.74) is 5.00. The molecule has 5 rings (SSSR count). The SMILES string of the molecule is CN1CCN(c2ccccc2NC(=O)c2nn(C)c3c2COc2ccccc2-3)CC1. The summed E-state index contributed by atoms with van der Waals surface area (Å²) in [5.74, 6) is 0.608. The van der Waals surface area contributed by atoms with Gasteiger partial charge in [0.25, 0.3) is 5.91 Å². The highest BCUT2D eigenvalue weighted by Crippen LogP contribution is 2.38. The Morgan fingerprint density at radius 1 is 1.00 bits per heavy atom. The summed E-state index contributed by atoms with van der Waals surface area (Å²) in [6, 6.07) is 15.8. The zero-order valence-electron chi connectivity index (χ0n) is 17.3. The molecule has 0 radical (unpaired) electrons. The highest BCUT2D eigenvalue weighted by molar-refractivity contribution is 6.06. The van der Waals surface area contributed by atoms with Gasteiger partial charge in [0.1, 0.15) is 12.4 Å². The molecule has 7 heteroatoms. The Morgan fingerprint density at radius 3 is 2.57 bits per heavy atom. The zero-order valence-corrected chi connectivity index (χ0v) is 17.3. The lowest BCUT2D eigenvalue weighted by molar-refractivity contribution is 0.101. The van der Waals surface area contributed by atoms with E-state index in [1.165, 1.54) is 0 Å². The Hall–Kier alpha value is -3.32. The molecule has 154 valence electrons. The van der Waals surface area contributed by atoms with Gasteiger partial charge in [-0.15, -0.1) is 0 Å². The average molecular weight is 403 g/mol. The van der Waals surface area contributed by atoms with Crippen LogP contribution >= 0.6 is 0 Å². The fraction of sp³-hybridized carbons (Fsp3) is 0.304. The van der Waals surface area contributed by atoms with Crippen LogP contribution in [0.4, 0.5) is 11.4 Å². The summed E-state index contributed by atoms with van der Waals surface area (Å²) in [5, 5.41) is 7.64. The van der Waals surface area contributed by atoms with E-state index in [1.54, 1.807) is 4.68 Å². The number of amides is 1. The lowest BCUT2D eigenvalue weighted by Crippen LogP contribution is -2.44. The van der Waals surface area contributed by atoms with E-state index in [9.17, 15) is 4.79 Å². The first-order valence-electron chi connectivity index (χ1n) is 10.2. The molecule has 1 aromatic heterocycles. The van der Waals surface area contributed by atoms with E-state index >= 15 is 0 Å². The first kappa shape index (κ1) is 18.7. The lowest BCUT2D eigenvalue weighted by atomic mass is 10.0. The number of likely N-dealkylation sites (N-methyl/N-ethyl adjacent to an activating group) is 1. The third-order valence-corrected chi connectivity index (χ3v) is 5.87. The molecule has 1 saturated heterocycles. The minimum atomic E-state index is -0.212. The van der Waals surface area contributed by atoms with Crippen molar-refractivity contribution in [2.24, 2.45) is 7.05 Å². The van der Waals surface area contributed by atoms with Crippen LogP contribution in [0.3, 0.4) is 0 Å². The second-order valence-electron chi connectivity index (χ2n) is 7.85. The van der Waals surface area contributed by atoms with Gasteiger partial charge in [0.05, 0.1) is 17.1 Å². The summed E-state index contributed by atoms with van der Waals surface area (Å²) in [7, 11) is 4.01. The Labute approximate surface area is 175 Å². The van der Waals surface area contributed by atoms with E-state index in [-0.39, 0.29) is 5.91 Å². The minimum Gasteiger partial charge on any atom is -0.488 e. The fourth-order valence-corrected chi connectivity index (χ4v) is 4.25. The van der Waals surface area contributed by atoms with Gasteiger partial charge in [-0.3, -0.25) is 9.48 Å². The van der Waals surface area contributed by atoms with Crippen molar-refractivity contribution in [1.82, 2.24) is 14.7 Å².